The Morgan fingerprint density at radius 1 is 1.22 bits per heavy atom. The zero-order valence-electron chi connectivity index (χ0n) is 13.3. The first-order chi connectivity index (χ1) is 11.0. The normalized spacial score (nSPS) is 36.0. The number of carbonyl (C=O) groups excluding carboxylic acids is 1. The molecule has 1 aromatic rings. The largest absolute Gasteiger partial charge is 0.388 e. The molecule has 1 aromatic carbocycles. The minimum atomic E-state index is -0.945. The van der Waals surface area contributed by atoms with Crippen molar-refractivity contribution in [2.45, 2.75) is 56.6 Å². The van der Waals surface area contributed by atoms with Crippen molar-refractivity contribution in [1.82, 2.24) is 5.32 Å². The van der Waals surface area contributed by atoms with Crippen LogP contribution in [0.25, 0.3) is 0 Å². The lowest BCUT2D eigenvalue weighted by Gasteiger charge is -2.57. The summed E-state index contributed by atoms with van der Waals surface area (Å²) >= 11 is 0. The molecule has 2 N–H and O–H groups in total. The highest BCUT2D eigenvalue weighted by Gasteiger charge is 2.51. The zero-order chi connectivity index (χ0) is 16.0. The third kappa shape index (κ3) is 3.01. The number of nitrogens with one attached hydrogen (secondary N) is 1. The van der Waals surface area contributed by atoms with Gasteiger partial charge in [-0.3, -0.25) is 4.79 Å². The smallest absolute Gasteiger partial charge is 0.223 e. The molecule has 1 atom stereocenters. The highest BCUT2D eigenvalue weighted by molar-refractivity contribution is 5.77. The Balaban J connectivity index is 1.40. The van der Waals surface area contributed by atoms with Gasteiger partial charge in [0, 0.05) is 5.54 Å². The molecular weight excluding hydrogens is 293 g/mol. The molecule has 1 amide bonds. The van der Waals surface area contributed by atoms with Crippen molar-refractivity contribution in [1.29, 1.82) is 0 Å². The average molecular weight is 317 g/mol. The van der Waals surface area contributed by atoms with Gasteiger partial charge in [0.2, 0.25) is 5.91 Å². The topological polar surface area (TPSA) is 49.3 Å². The van der Waals surface area contributed by atoms with Gasteiger partial charge in [-0.25, -0.2) is 4.39 Å². The number of amides is 1. The highest BCUT2D eigenvalue weighted by Crippen LogP contribution is 2.55. The molecule has 0 aliphatic heterocycles. The van der Waals surface area contributed by atoms with E-state index >= 15 is 0 Å². The lowest BCUT2D eigenvalue weighted by molar-refractivity contribution is -0.128. The number of benzene rings is 1. The fourth-order valence-corrected chi connectivity index (χ4v) is 5.62. The summed E-state index contributed by atoms with van der Waals surface area (Å²) in [5.41, 5.74) is 0.429. The molecule has 0 radical (unpaired) electrons. The van der Waals surface area contributed by atoms with Crippen LogP contribution in [0.2, 0.25) is 0 Å². The van der Waals surface area contributed by atoms with Crippen molar-refractivity contribution in [2.75, 3.05) is 0 Å². The van der Waals surface area contributed by atoms with E-state index in [2.05, 4.69) is 5.32 Å². The molecule has 0 aromatic heterocycles. The Morgan fingerprint density at radius 3 is 2.39 bits per heavy atom. The van der Waals surface area contributed by atoms with Crippen LogP contribution in [0.5, 0.6) is 0 Å². The Bertz CT molecular complexity index is 580. The zero-order valence-corrected chi connectivity index (χ0v) is 13.3. The molecule has 4 fully saturated rings. The Hall–Kier alpha value is -1.42. The van der Waals surface area contributed by atoms with Crippen molar-refractivity contribution in [2.24, 2.45) is 17.8 Å². The third-order valence-electron chi connectivity index (χ3n) is 6.06. The van der Waals surface area contributed by atoms with Crippen LogP contribution in [-0.4, -0.2) is 16.6 Å². The van der Waals surface area contributed by atoms with Gasteiger partial charge < -0.3 is 10.4 Å². The summed E-state index contributed by atoms with van der Waals surface area (Å²) in [6.45, 7) is 0. The van der Waals surface area contributed by atoms with Gasteiger partial charge in [-0.15, -0.1) is 0 Å². The van der Waals surface area contributed by atoms with Crippen molar-refractivity contribution in [3.63, 3.8) is 0 Å². The number of carbonyl (C=O) groups is 1. The van der Waals surface area contributed by atoms with E-state index in [0.29, 0.717) is 5.56 Å². The van der Waals surface area contributed by atoms with Gasteiger partial charge in [-0.05, 0) is 74.0 Å². The van der Waals surface area contributed by atoms with Crippen LogP contribution < -0.4 is 5.32 Å². The summed E-state index contributed by atoms with van der Waals surface area (Å²) in [4.78, 5) is 12.4. The summed E-state index contributed by atoms with van der Waals surface area (Å²) in [5, 5.41) is 13.4. The second-order valence-corrected chi connectivity index (χ2v) is 8.02. The van der Waals surface area contributed by atoms with Crippen LogP contribution in [0.4, 0.5) is 4.39 Å². The lowest BCUT2D eigenvalue weighted by Crippen LogP contribution is -2.59. The van der Waals surface area contributed by atoms with Crippen LogP contribution in [-0.2, 0) is 4.79 Å². The number of hydrogen-bond donors (Lipinski definition) is 2. The second-order valence-electron chi connectivity index (χ2n) is 8.02. The number of halogens is 1. The predicted octanol–water partition coefficient (Wildman–Crippen LogP) is 3.33. The minimum Gasteiger partial charge on any atom is -0.388 e. The van der Waals surface area contributed by atoms with Gasteiger partial charge in [-0.2, -0.15) is 0 Å². The summed E-state index contributed by atoms with van der Waals surface area (Å²) < 4.78 is 13.2. The molecule has 4 aliphatic rings. The van der Waals surface area contributed by atoms with Gasteiger partial charge in [0.15, 0.2) is 0 Å². The van der Waals surface area contributed by atoms with E-state index in [1.54, 1.807) is 12.1 Å². The van der Waals surface area contributed by atoms with E-state index in [9.17, 15) is 14.3 Å². The maximum absolute atomic E-state index is 13.2. The first-order valence-corrected chi connectivity index (χ1v) is 8.76. The maximum Gasteiger partial charge on any atom is 0.223 e. The maximum atomic E-state index is 13.2. The molecule has 0 saturated heterocycles. The van der Waals surface area contributed by atoms with Crippen molar-refractivity contribution in [3.05, 3.63) is 35.6 Å². The Labute approximate surface area is 136 Å². The van der Waals surface area contributed by atoms with E-state index < -0.39 is 6.10 Å². The van der Waals surface area contributed by atoms with Crippen LogP contribution >= 0.6 is 0 Å². The standard InChI is InChI=1S/C19H24FNO2/c20-16-3-1-2-15(7-16)17(22)8-18(23)21-19-9-12-4-13(10-19)6-14(5-12)11-19/h1-3,7,12-14,17,22H,4-6,8-11H2,(H,21,23). The third-order valence-corrected chi connectivity index (χ3v) is 6.06. The molecule has 124 valence electrons. The summed E-state index contributed by atoms with van der Waals surface area (Å²) in [5.74, 6) is 1.82. The SMILES string of the molecule is O=C(CC(O)c1cccc(F)c1)NC12CC3CC(CC(C3)C1)C2. The van der Waals surface area contributed by atoms with Crippen molar-refractivity contribution >= 4 is 5.91 Å². The second kappa shape index (κ2) is 5.59. The first-order valence-electron chi connectivity index (χ1n) is 8.76. The van der Waals surface area contributed by atoms with Crippen LogP contribution in [0.15, 0.2) is 24.3 Å². The van der Waals surface area contributed by atoms with E-state index in [-0.39, 0.29) is 23.7 Å². The number of aliphatic hydroxyl groups is 1. The molecule has 0 heterocycles. The van der Waals surface area contributed by atoms with Gasteiger partial charge in [0.05, 0.1) is 12.5 Å². The van der Waals surface area contributed by atoms with Crippen molar-refractivity contribution in [3.8, 4) is 0 Å². The Kier molecular flexibility index (Phi) is 3.67. The first kappa shape index (κ1) is 15.1. The van der Waals surface area contributed by atoms with Gasteiger partial charge >= 0.3 is 0 Å². The van der Waals surface area contributed by atoms with Crippen LogP contribution in [0, 0.1) is 23.6 Å². The average Bonchev–Trinajstić information content (AvgIpc) is 2.44. The monoisotopic (exact) mass is 317 g/mol. The van der Waals surface area contributed by atoms with Crippen molar-refractivity contribution < 1.29 is 14.3 Å². The number of aliphatic hydroxyl groups excluding tert-OH is 1. The fourth-order valence-electron chi connectivity index (χ4n) is 5.62. The molecule has 1 unspecified atom stereocenters. The van der Waals surface area contributed by atoms with Gasteiger partial charge in [0.1, 0.15) is 5.82 Å². The molecule has 5 rings (SSSR count). The molecule has 4 heteroatoms. The molecule has 3 nitrogen and oxygen atoms in total. The number of hydrogen-bond acceptors (Lipinski definition) is 2. The van der Waals surface area contributed by atoms with Gasteiger partial charge in [0.25, 0.3) is 0 Å². The van der Waals surface area contributed by atoms with E-state index in [0.717, 1.165) is 37.0 Å². The lowest BCUT2D eigenvalue weighted by atomic mass is 9.53. The summed E-state index contributed by atoms with van der Waals surface area (Å²) in [7, 11) is 0. The Morgan fingerprint density at radius 2 is 1.83 bits per heavy atom. The van der Waals surface area contributed by atoms with Crippen LogP contribution in [0.3, 0.4) is 0 Å². The molecule has 4 saturated carbocycles. The fraction of sp³-hybridized carbons (Fsp3) is 0.632. The summed E-state index contributed by atoms with van der Waals surface area (Å²) in [6, 6.07) is 5.85. The quantitative estimate of drug-likeness (QED) is 0.895. The van der Waals surface area contributed by atoms with E-state index in [1.807, 2.05) is 0 Å². The van der Waals surface area contributed by atoms with E-state index in [1.165, 1.54) is 31.4 Å². The molecule has 23 heavy (non-hydrogen) atoms. The number of rotatable bonds is 4. The summed E-state index contributed by atoms with van der Waals surface area (Å²) in [6.07, 6.45) is 6.36. The minimum absolute atomic E-state index is 0.00516. The molecule has 4 aliphatic carbocycles. The molecule has 4 bridgehead atoms. The molecule has 0 spiro atoms. The van der Waals surface area contributed by atoms with Crippen LogP contribution in [0.1, 0.15) is 56.6 Å². The highest BCUT2D eigenvalue weighted by atomic mass is 19.1. The molecular formula is C19H24FNO2. The van der Waals surface area contributed by atoms with Gasteiger partial charge in [-0.1, -0.05) is 12.1 Å². The predicted molar refractivity (Wildman–Crippen MR) is 85.0 cm³/mol. The van der Waals surface area contributed by atoms with E-state index in [4.69, 9.17) is 0 Å².